The Morgan fingerprint density at radius 1 is 1.17 bits per heavy atom. The van der Waals surface area contributed by atoms with Crippen molar-refractivity contribution in [1.82, 2.24) is 10.6 Å². The van der Waals surface area contributed by atoms with Gasteiger partial charge < -0.3 is 24.8 Å². The Labute approximate surface area is 186 Å². The first-order valence-corrected chi connectivity index (χ1v) is 11.1. The number of nitrogens with one attached hydrogen (secondary N) is 2. The van der Waals surface area contributed by atoms with Gasteiger partial charge >= 0.3 is 12.0 Å². The standard InChI is InChI=1S/C22H31BrN2O5/c1-7-9-29-20-15(23)10-14(11-16(20)28-8-2)19-17(21(26)30-13(5)6)18(12(3)4)24-22(27)25-19/h10-13,19H,7-9H2,1-6H3,(H2,24,25,27). The number of halogens is 1. The minimum absolute atomic E-state index is 0.0739. The maximum Gasteiger partial charge on any atom is 0.338 e. The summed E-state index contributed by atoms with van der Waals surface area (Å²) in [6.45, 7) is 12.3. The molecule has 0 aromatic heterocycles. The molecule has 1 unspecified atom stereocenters. The second kappa shape index (κ2) is 10.7. The van der Waals surface area contributed by atoms with Crippen LogP contribution in [-0.2, 0) is 9.53 Å². The van der Waals surface area contributed by atoms with E-state index in [0.717, 1.165) is 6.42 Å². The van der Waals surface area contributed by atoms with Crippen molar-refractivity contribution in [3.63, 3.8) is 0 Å². The van der Waals surface area contributed by atoms with Crippen LogP contribution in [0.4, 0.5) is 4.79 Å². The lowest BCUT2D eigenvalue weighted by molar-refractivity contribution is -0.143. The summed E-state index contributed by atoms with van der Waals surface area (Å²) >= 11 is 3.56. The molecule has 1 aromatic carbocycles. The van der Waals surface area contributed by atoms with Crippen molar-refractivity contribution in [2.24, 2.45) is 5.92 Å². The van der Waals surface area contributed by atoms with Gasteiger partial charge in [0.25, 0.3) is 0 Å². The lowest BCUT2D eigenvalue weighted by Crippen LogP contribution is -2.47. The third-order valence-corrected chi connectivity index (χ3v) is 4.95. The van der Waals surface area contributed by atoms with Gasteiger partial charge in [-0.3, -0.25) is 0 Å². The number of hydrogen-bond donors (Lipinski definition) is 2. The molecule has 7 nitrogen and oxygen atoms in total. The minimum Gasteiger partial charge on any atom is -0.490 e. The number of esters is 1. The van der Waals surface area contributed by atoms with Crippen LogP contribution in [0.15, 0.2) is 27.9 Å². The normalized spacial score (nSPS) is 16.4. The Kier molecular flexibility index (Phi) is 8.58. The molecule has 1 heterocycles. The molecule has 0 saturated heterocycles. The molecule has 166 valence electrons. The van der Waals surface area contributed by atoms with Crippen LogP contribution in [0.5, 0.6) is 11.5 Å². The number of hydrogen-bond acceptors (Lipinski definition) is 5. The highest BCUT2D eigenvalue weighted by Crippen LogP contribution is 2.41. The summed E-state index contributed by atoms with van der Waals surface area (Å²) in [5, 5.41) is 5.63. The van der Waals surface area contributed by atoms with Gasteiger partial charge in [-0.2, -0.15) is 0 Å². The Balaban J connectivity index is 2.61. The van der Waals surface area contributed by atoms with Crippen LogP contribution in [0.25, 0.3) is 0 Å². The van der Waals surface area contributed by atoms with Crippen LogP contribution in [0.1, 0.15) is 59.6 Å². The predicted molar refractivity (Wildman–Crippen MR) is 119 cm³/mol. The molecule has 2 rings (SSSR count). The Morgan fingerprint density at radius 2 is 1.87 bits per heavy atom. The molecule has 0 bridgehead atoms. The Hall–Kier alpha value is -2.22. The highest BCUT2D eigenvalue weighted by Gasteiger charge is 2.36. The molecule has 0 spiro atoms. The summed E-state index contributed by atoms with van der Waals surface area (Å²) in [6, 6.07) is 2.59. The van der Waals surface area contributed by atoms with Gasteiger partial charge in [0.15, 0.2) is 11.5 Å². The van der Waals surface area contributed by atoms with Gasteiger partial charge in [0.05, 0.1) is 35.4 Å². The highest BCUT2D eigenvalue weighted by molar-refractivity contribution is 9.10. The second-order valence-corrected chi connectivity index (χ2v) is 8.43. The molecule has 1 aliphatic rings. The molecular formula is C22H31BrN2O5. The number of amides is 2. The van der Waals surface area contributed by atoms with Crippen LogP contribution < -0.4 is 20.1 Å². The fourth-order valence-corrected chi connectivity index (χ4v) is 3.73. The van der Waals surface area contributed by atoms with Crippen LogP contribution >= 0.6 is 15.9 Å². The second-order valence-electron chi connectivity index (χ2n) is 7.58. The zero-order valence-electron chi connectivity index (χ0n) is 18.4. The molecule has 1 aromatic rings. The van der Waals surface area contributed by atoms with Crippen LogP contribution in [0.3, 0.4) is 0 Å². The van der Waals surface area contributed by atoms with Crippen molar-refractivity contribution in [2.45, 2.75) is 60.1 Å². The van der Waals surface area contributed by atoms with Crippen molar-refractivity contribution >= 4 is 27.9 Å². The van der Waals surface area contributed by atoms with E-state index in [0.29, 0.717) is 46.0 Å². The van der Waals surface area contributed by atoms with Gasteiger partial charge in [-0.05, 0) is 66.7 Å². The first-order chi connectivity index (χ1) is 14.2. The van der Waals surface area contributed by atoms with Gasteiger partial charge in [-0.1, -0.05) is 20.8 Å². The molecule has 0 aliphatic carbocycles. The monoisotopic (exact) mass is 482 g/mol. The van der Waals surface area contributed by atoms with E-state index in [1.807, 2.05) is 33.8 Å². The molecule has 1 atom stereocenters. The van der Waals surface area contributed by atoms with E-state index in [1.54, 1.807) is 19.9 Å². The third kappa shape index (κ3) is 5.68. The zero-order chi connectivity index (χ0) is 22.4. The fraction of sp³-hybridized carbons (Fsp3) is 0.545. The Bertz CT molecular complexity index is 820. The summed E-state index contributed by atoms with van der Waals surface area (Å²) in [5.41, 5.74) is 1.63. The van der Waals surface area contributed by atoms with Gasteiger partial charge in [0, 0.05) is 5.70 Å². The molecule has 0 radical (unpaired) electrons. The topological polar surface area (TPSA) is 85.9 Å². The third-order valence-electron chi connectivity index (χ3n) is 4.36. The summed E-state index contributed by atoms with van der Waals surface area (Å²) in [7, 11) is 0. The van der Waals surface area contributed by atoms with Crippen molar-refractivity contribution < 1.29 is 23.8 Å². The van der Waals surface area contributed by atoms with Crippen molar-refractivity contribution in [1.29, 1.82) is 0 Å². The summed E-state index contributed by atoms with van der Waals surface area (Å²) < 4.78 is 17.8. The molecule has 8 heteroatoms. The molecule has 2 N–H and O–H groups in total. The maximum atomic E-state index is 13.0. The maximum absolute atomic E-state index is 13.0. The molecule has 2 amide bonds. The highest BCUT2D eigenvalue weighted by atomic mass is 79.9. The van der Waals surface area contributed by atoms with Crippen LogP contribution in [0, 0.1) is 5.92 Å². The van der Waals surface area contributed by atoms with Gasteiger partial charge in [-0.15, -0.1) is 0 Å². The van der Waals surface area contributed by atoms with Crippen molar-refractivity contribution in [3.05, 3.63) is 33.4 Å². The predicted octanol–water partition coefficient (Wildman–Crippen LogP) is 4.85. The number of carbonyl (C=O) groups excluding carboxylic acids is 2. The van der Waals surface area contributed by atoms with E-state index < -0.39 is 12.0 Å². The lowest BCUT2D eigenvalue weighted by atomic mass is 9.91. The van der Waals surface area contributed by atoms with Gasteiger partial charge in [0.2, 0.25) is 0 Å². The van der Waals surface area contributed by atoms with Crippen LogP contribution in [0.2, 0.25) is 0 Å². The summed E-state index contributed by atoms with van der Waals surface area (Å²) in [6.07, 6.45) is 0.572. The van der Waals surface area contributed by atoms with Gasteiger partial charge in [0.1, 0.15) is 0 Å². The molecule has 0 saturated carbocycles. The number of allylic oxidation sites excluding steroid dienone is 1. The Morgan fingerprint density at radius 3 is 2.43 bits per heavy atom. The van der Waals surface area contributed by atoms with Crippen molar-refractivity contribution in [2.75, 3.05) is 13.2 Å². The van der Waals surface area contributed by atoms with Crippen LogP contribution in [-0.4, -0.2) is 31.3 Å². The van der Waals surface area contributed by atoms with E-state index in [9.17, 15) is 9.59 Å². The molecule has 0 fully saturated rings. The quantitative estimate of drug-likeness (QED) is 0.491. The fourth-order valence-electron chi connectivity index (χ4n) is 3.16. The number of rotatable bonds is 9. The minimum atomic E-state index is -0.682. The smallest absolute Gasteiger partial charge is 0.338 e. The lowest BCUT2D eigenvalue weighted by Gasteiger charge is -2.31. The first kappa shape index (κ1) is 24.1. The SMILES string of the molecule is CCCOc1c(Br)cc(C2NC(=O)NC(C(C)C)=C2C(=O)OC(C)C)cc1OCC. The van der Waals surface area contributed by atoms with E-state index in [-0.39, 0.29) is 18.1 Å². The number of carbonyl (C=O) groups is 2. The molecular weight excluding hydrogens is 452 g/mol. The number of urea groups is 1. The number of ether oxygens (including phenoxy) is 3. The van der Waals surface area contributed by atoms with E-state index in [4.69, 9.17) is 14.2 Å². The molecule has 1 aliphatic heterocycles. The van der Waals surface area contributed by atoms with E-state index >= 15 is 0 Å². The zero-order valence-corrected chi connectivity index (χ0v) is 20.0. The average molecular weight is 483 g/mol. The van der Waals surface area contributed by atoms with Gasteiger partial charge in [-0.25, -0.2) is 9.59 Å². The first-order valence-electron chi connectivity index (χ1n) is 10.3. The molecule has 30 heavy (non-hydrogen) atoms. The largest absolute Gasteiger partial charge is 0.490 e. The summed E-state index contributed by atoms with van der Waals surface area (Å²) in [5.74, 6) is 0.606. The van der Waals surface area contributed by atoms with E-state index in [2.05, 4.69) is 26.6 Å². The average Bonchev–Trinajstić information content (AvgIpc) is 2.66. The summed E-state index contributed by atoms with van der Waals surface area (Å²) in [4.78, 5) is 25.4. The van der Waals surface area contributed by atoms with Crippen molar-refractivity contribution in [3.8, 4) is 11.5 Å². The van der Waals surface area contributed by atoms with E-state index in [1.165, 1.54) is 0 Å². The number of benzene rings is 1.